The highest BCUT2D eigenvalue weighted by Gasteiger charge is 2.60. The first-order valence-electron chi connectivity index (χ1n) is 5.74. The molecule has 1 amide bonds. The Kier molecular flexibility index (Phi) is 2.31. The van der Waals surface area contributed by atoms with Gasteiger partial charge in [0.05, 0.1) is 9.50 Å². The SMILES string of the molecule is CC1(C)CCC12NC(=O)c1c(Cl)cc(Br)c(=O)n12. The molecule has 0 bridgehead atoms. The van der Waals surface area contributed by atoms with Gasteiger partial charge in [0.15, 0.2) is 0 Å². The maximum Gasteiger partial charge on any atom is 0.271 e. The molecule has 96 valence electrons. The van der Waals surface area contributed by atoms with Crippen molar-refractivity contribution in [3.05, 3.63) is 31.6 Å². The molecule has 4 nitrogen and oxygen atoms in total. The van der Waals surface area contributed by atoms with Crippen LogP contribution in [0.4, 0.5) is 0 Å². The lowest BCUT2D eigenvalue weighted by molar-refractivity contribution is -0.0504. The Labute approximate surface area is 117 Å². The van der Waals surface area contributed by atoms with Gasteiger partial charge >= 0.3 is 0 Å². The Morgan fingerprint density at radius 1 is 1.39 bits per heavy atom. The highest BCUT2D eigenvalue weighted by molar-refractivity contribution is 9.10. The van der Waals surface area contributed by atoms with E-state index in [2.05, 4.69) is 21.2 Å². The summed E-state index contributed by atoms with van der Waals surface area (Å²) in [6.45, 7) is 4.10. The first-order chi connectivity index (χ1) is 8.30. The molecule has 2 aliphatic rings. The molecule has 3 rings (SSSR count). The third kappa shape index (κ3) is 1.21. The molecule has 1 unspecified atom stereocenters. The van der Waals surface area contributed by atoms with Gasteiger partial charge in [-0.3, -0.25) is 14.2 Å². The summed E-state index contributed by atoms with van der Waals surface area (Å²) in [6, 6.07) is 1.49. The number of halogens is 2. The predicted molar refractivity (Wildman–Crippen MR) is 71.9 cm³/mol. The van der Waals surface area contributed by atoms with E-state index in [9.17, 15) is 9.59 Å². The van der Waals surface area contributed by atoms with Crippen molar-refractivity contribution in [1.82, 2.24) is 9.88 Å². The van der Waals surface area contributed by atoms with Gasteiger partial charge in [-0.1, -0.05) is 25.4 Å². The smallest absolute Gasteiger partial charge is 0.271 e. The van der Waals surface area contributed by atoms with Crippen molar-refractivity contribution in [2.24, 2.45) is 5.41 Å². The lowest BCUT2D eigenvalue weighted by Gasteiger charge is -2.54. The molecule has 1 aromatic heterocycles. The Hall–Kier alpha value is -0.810. The lowest BCUT2D eigenvalue weighted by atomic mass is 9.62. The number of carbonyl (C=O) groups is 1. The van der Waals surface area contributed by atoms with Gasteiger partial charge in [0, 0.05) is 5.41 Å². The molecule has 1 spiro atoms. The van der Waals surface area contributed by atoms with Crippen LogP contribution < -0.4 is 10.9 Å². The van der Waals surface area contributed by atoms with Gasteiger partial charge in [-0.15, -0.1) is 0 Å². The molecule has 1 aliphatic heterocycles. The summed E-state index contributed by atoms with van der Waals surface area (Å²) in [4.78, 5) is 24.4. The van der Waals surface area contributed by atoms with Crippen LogP contribution >= 0.6 is 27.5 Å². The van der Waals surface area contributed by atoms with Crippen molar-refractivity contribution in [2.45, 2.75) is 32.4 Å². The van der Waals surface area contributed by atoms with Crippen LogP contribution in [0, 0.1) is 5.41 Å². The van der Waals surface area contributed by atoms with E-state index < -0.39 is 5.66 Å². The van der Waals surface area contributed by atoms with E-state index in [4.69, 9.17) is 11.6 Å². The van der Waals surface area contributed by atoms with Crippen molar-refractivity contribution in [3.8, 4) is 0 Å². The number of nitrogens with one attached hydrogen (secondary N) is 1. The minimum absolute atomic E-state index is 0.151. The number of fused-ring (bicyclic) bond motifs is 2. The van der Waals surface area contributed by atoms with Gasteiger partial charge in [0.2, 0.25) is 0 Å². The van der Waals surface area contributed by atoms with Crippen molar-refractivity contribution < 1.29 is 4.79 Å². The quantitative estimate of drug-likeness (QED) is 0.794. The summed E-state index contributed by atoms with van der Waals surface area (Å²) < 4.78 is 1.92. The molecule has 18 heavy (non-hydrogen) atoms. The van der Waals surface area contributed by atoms with Gasteiger partial charge in [-0.05, 0) is 34.8 Å². The number of hydrogen-bond acceptors (Lipinski definition) is 2. The topological polar surface area (TPSA) is 51.1 Å². The maximum atomic E-state index is 12.3. The van der Waals surface area contributed by atoms with Crippen LogP contribution in [0.1, 0.15) is 37.2 Å². The normalized spacial score (nSPS) is 27.9. The van der Waals surface area contributed by atoms with Crippen LogP contribution in [0.2, 0.25) is 5.02 Å². The molecule has 1 N–H and O–H groups in total. The highest BCUT2D eigenvalue weighted by Crippen LogP contribution is 2.55. The van der Waals surface area contributed by atoms with Gasteiger partial charge in [0.25, 0.3) is 11.5 Å². The molecule has 6 heteroatoms. The third-order valence-corrected chi connectivity index (χ3v) is 5.12. The third-order valence-electron chi connectivity index (χ3n) is 4.26. The Morgan fingerprint density at radius 2 is 2.06 bits per heavy atom. The van der Waals surface area contributed by atoms with E-state index in [0.717, 1.165) is 12.8 Å². The van der Waals surface area contributed by atoms with E-state index in [-0.39, 0.29) is 22.6 Å². The number of pyridine rings is 1. The minimum Gasteiger partial charge on any atom is -0.327 e. The second kappa shape index (κ2) is 3.39. The second-order valence-corrected chi connectivity index (χ2v) is 6.79. The number of nitrogens with zero attached hydrogens (tertiary/aromatic N) is 1. The second-order valence-electron chi connectivity index (χ2n) is 5.53. The molecule has 0 aromatic carbocycles. The highest BCUT2D eigenvalue weighted by atomic mass is 79.9. The van der Waals surface area contributed by atoms with Gasteiger partial charge in [-0.2, -0.15) is 0 Å². The number of amides is 1. The summed E-state index contributed by atoms with van der Waals surface area (Å²) in [6.07, 6.45) is 1.72. The fraction of sp³-hybridized carbons (Fsp3) is 0.500. The zero-order valence-electron chi connectivity index (χ0n) is 10.0. The van der Waals surface area contributed by atoms with Crippen LogP contribution in [-0.2, 0) is 5.66 Å². The van der Waals surface area contributed by atoms with Gasteiger partial charge in [0.1, 0.15) is 11.4 Å². The molecular formula is C12H12BrClN2O2. The largest absolute Gasteiger partial charge is 0.327 e. The molecule has 2 heterocycles. The summed E-state index contributed by atoms with van der Waals surface area (Å²) in [5.74, 6) is -0.266. The standard InChI is InChI=1S/C12H12BrClN2O2/c1-11(2)3-4-12(11)15-9(17)8-7(14)5-6(13)10(18)16(8)12/h5H,3-4H2,1-2H3,(H,15,17). The molecule has 1 fully saturated rings. The number of rotatable bonds is 0. The fourth-order valence-electron chi connectivity index (χ4n) is 2.94. The molecule has 1 aromatic rings. The molecule has 0 saturated heterocycles. The van der Waals surface area contributed by atoms with Gasteiger partial charge in [-0.25, -0.2) is 0 Å². The molecule has 1 saturated carbocycles. The summed E-state index contributed by atoms with van der Waals surface area (Å²) in [5, 5.41) is 3.25. The zero-order valence-corrected chi connectivity index (χ0v) is 12.4. The molecular weight excluding hydrogens is 320 g/mol. The Morgan fingerprint density at radius 3 is 2.56 bits per heavy atom. The van der Waals surface area contributed by atoms with E-state index in [0.29, 0.717) is 9.50 Å². The van der Waals surface area contributed by atoms with Crippen LogP contribution in [0.3, 0.4) is 0 Å². The van der Waals surface area contributed by atoms with E-state index in [1.165, 1.54) is 10.6 Å². The average Bonchev–Trinajstić information content (AvgIpc) is 2.61. The van der Waals surface area contributed by atoms with Crippen molar-refractivity contribution in [2.75, 3.05) is 0 Å². The first kappa shape index (κ1) is 12.2. The van der Waals surface area contributed by atoms with Crippen molar-refractivity contribution in [3.63, 3.8) is 0 Å². The molecule has 1 aliphatic carbocycles. The van der Waals surface area contributed by atoms with E-state index >= 15 is 0 Å². The van der Waals surface area contributed by atoms with Crippen LogP contribution in [-0.4, -0.2) is 10.5 Å². The number of hydrogen-bond donors (Lipinski definition) is 1. The lowest BCUT2D eigenvalue weighted by Crippen LogP contribution is -2.63. The van der Waals surface area contributed by atoms with Crippen molar-refractivity contribution >= 4 is 33.4 Å². The van der Waals surface area contributed by atoms with Crippen molar-refractivity contribution in [1.29, 1.82) is 0 Å². The molecule has 0 radical (unpaired) electrons. The van der Waals surface area contributed by atoms with E-state index in [1.807, 2.05) is 13.8 Å². The first-order valence-corrected chi connectivity index (χ1v) is 6.91. The summed E-state index contributed by atoms with van der Waals surface area (Å²) >= 11 is 9.30. The van der Waals surface area contributed by atoms with E-state index in [1.54, 1.807) is 0 Å². The fourth-order valence-corrected chi connectivity index (χ4v) is 3.76. The number of carbonyl (C=O) groups excluding carboxylic acids is 1. The van der Waals surface area contributed by atoms with Crippen LogP contribution in [0.25, 0.3) is 0 Å². The summed E-state index contributed by atoms with van der Waals surface area (Å²) in [5.41, 5.74) is -0.704. The van der Waals surface area contributed by atoms with Gasteiger partial charge < -0.3 is 5.32 Å². The Balaban J connectivity index is 2.38. The number of aromatic nitrogens is 1. The summed E-state index contributed by atoms with van der Waals surface area (Å²) in [7, 11) is 0. The zero-order chi connectivity index (χ0) is 13.3. The molecule has 1 atom stereocenters. The van der Waals surface area contributed by atoms with Crippen LogP contribution in [0.15, 0.2) is 15.3 Å². The predicted octanol–water partition coefficient (Wildman–Crippen LogP) is 2.48. The minimum atomic E-state index is -0.621. The monoisotopic (exact) mass is 330 g/mol. The average molecular weight is 332 g/mol. The Bertz CT molecular complexity index is 638. The van der Waals surface area contributed by atoms with Crippen LogP contribution in [0.5, 0.6) is 0 Å². The maximum absolute atomic E-state index is 12.3.